The molecule has 0 N–H and O–H groups in total. The first-order valence-electron chi connectivity index (χ1n) is 8.04. The van der Waals surface area contributed by atoms with Crippen molar-refractivity contribution in [3.63, 3.8) is 0 Å². The quantitative estimate of drug-likeness (QED) is 0.802. The zero-order valence-corrected chi connectivity index (χ0v) is 14.1. The Morgan fingerprint density at radius 1 is 1.21 bits per heavy atom. The van der Waals surface area contributed by atoms with Gasteiger partial charge in [-0.1, -0.05) is 17.7 Å². The van der Waals surface area contributed by atoms with E-state index in [-0.39, 0.29) is 12.8 Å². The van der Waals surface area contributed by atoms with Gasteiger partial charge < -0.3 is 14.4 Å². The van der Waals surface area contributed by atoms with E-state index in [9.17, 15) is 0 Å². The van der Waals surface area contributed by atoms with Crippen molar-refractivity contribution in [3.05, 3.63) is 52.0 Å². The third kappa shape index (κ3) is 2.37. The van der Waals surface area contributed by atoms with Crippen molar-refractivity contribution in [2.45, 2.75) is 25.8 Å². The molecule has 0 saturated carbocycles. The van der Waals surface area contributed by atoms with Crippen LogP contribution in [0.25, 0.3) is 0 Å². The average molecular weight is 341 g/mol. The lowest BCUT2D eigenvalue weighted by molar-refractivity contribution is 0.174. The van der Waals surface area contributed by atoms with Crippen molar-refractivity contribution in [2.24, 2.45) is 0 Å². The Labute approximate surface area is 146 Å². The Balaban J connectivity index is 1.71. The van der Waals surface area contributed by atoms with Crippen molar-refractivity contribution in [2.75, 3.05) is 18.2 Å². The standard InChI is InChI=1S/C19H17ClN2O2/c1-12-15(6-4-14(10-21)19(12)20)22-8-2-3-16(22)13-5-7-17-18(9-13)24-11-23-17/h4-7,9,16H,2-3,8,11H2,1H3. The minimum Gasteiger partial charge on any atom is -0.454 e. The van der Waals surface area contributed by atoms with Crippen LogP contribution in [0.1, 0.15) is 35.6 Å². The molecule has 4 rings (SSSR count). The first-order valence-corrected chi connectivity index (χ1v) is 8.42. The summed E-state index contributed by atoms with van der Waals surface area (Å²) in [6.45, 7) is 3.24. The number of rotatable bonds is 2. The molecule has 24 heavy (non-hydrogen) atoms. The second-order valence-corrected chi connectivity index (χ2v) is 6.53. The average Bonchev–Trinajstić information content (AvgIpc) is 3.25. The molecule has 2 aromatic rings. The Kier molecular flexibility index (Phi) is 3.74. The summed E-state index contributed by atoms with van der Waals surface area (Å²) >= 11 is 6.36. The summed E-state index contributed by atoms with van der Waals surface area (Å²) in [6.07, 6.45) is 2.20. The van der Waals surface area contributed by atoms with Crippen molar-refractivity contribution < 1.29 is 9.47 Å². The highest BCUT2D eigenvalue weighted by molar-refractivity contribution is 6.32. The van der Waals surface area contributed by atoms with Crippen LogP contribution in [0.2, 0.25) is 5.02 Å². The summed E-state index contributed by atoms with van der Waals surface area (Å²) in [6, 6.07) is 12.4. The predicted octanol–water partition coefficient (Wildman–Crippen LogP) is 4.59. The maximum atomic E-state index is 9.14. The number of hydrogen-bond acceptors (Lipinski definition) is 4. The highest BCUT2D eigenvalue weighted by Gasteiger charge is 2.29. The highest BCUT2D eigenvalue weighted by atomic mass is 35.5. The number of benzene rings is 2. The molecule has 0 amide bonds. The van der Waals surface area contributed by atoms with Gasteiger partial charge in [-0.15, -0.1) is 0 Å². The Morgan fingerprint density at radius 2 is 2.04 bits per heavy atom. The number of halogens is 1. The first kappa shape index (κ1) is 15.2. The van der Waals surface area contributed by atoms with Crippen LogP contribution in [-0.4, -0.2) is 13.3 Å². The van der Waals surface area contributed by atoms with E-state index in [1.165, 1.54) is 5.56 Å². The van der Waals surface area contributed by atoms with E-state index in [1.54, 1.807) is 6.07 Å². The van der Waals surface area contributed by atoms with Gasteiger partial charge in [0.15, 0.2) is 11.5 Å². The zero-order chi connectivity index (χ0) is 16.7. The van der Waals surface area contributed by atoms with E-state index in [0.717, 1.165) is 42.1 Å². The molecule has 4 nitrogen and oxygen atoms in total. The maximum Gasteiger partial charge on any atom is 0.231 e. The van der Waals surface area contributed by atoms with Gasteiger partial charge in [0, 0.05) is 12.2 Å². The van der Waals surface area contributed by atoms with Gasteiger partial charge in [-0.05, 0) is 55.2 Å². The van der Waals surface area contributed by atoms with Crippen LogP contribution < -0.4 is 14.4 Å². The summed E-state index contributed by atoms with van der Waals surface area (Å²) in [5, 5.41) is 9.69. The minimum atomic E-state index is 0.280. The second-order valence-electron chi connectivity index (χ2n) is 6.15. The fourth-order valence-corrected chi connectivity index (χ4v) is 3.80. The van der Waals surface area contributed by atoms with Gasteiger partial charge in [-0.2, -0.15) is 5.26 Å². The lowest BCUT2D eigenvalue weighted by Gasteiger charge is -2.29. The van der Waals surface area contributed by atoms with Crippen LogP contribution in [0.3, 0.4) is 0 Å². The van der Waals surface area contributed by atoms with E-state index in [2.05, 4.69) is 23.1 Å². The third-order valence-electron chi connectivity index (χ3n) is 4.82. The van der Waals surface area contributed by atoms with Crippen molar-refractivity contribution >= 4 is 17.3 Å². The van der Waals surface area contributed by atoms with Gasteiger partial charge in [0.2, 0.25) is 6.79 Å². The van der Waals surface area contributed by atoms with E-state index in [1.807, 2.05) is 19.1 Å². The number of anilines is 1. The molecule has 122 valence electrons. The summed E-state index contributed by atoms with van der Waals surface area (Å²) in [4.78, 5) is 2.37. The summed E-state index contributed by atoms with van der Waals surface area (Å²) in [5.41, 5.74) is 3.80. The first-order chi connectivity index (χ1) is 11.7. The molecule has 1 unspecified atom stereocenters. The Morgan fingerprint density at radius 3 is 2.88 bits per heavy atom. The summed E-state index contributed by atoms with van der Waals surface area (Å²) in [5.74, 6) is 1.62. The van der Waals surface area contributed by atoms with E-state index in [4.69, 9.17) is 26.3 Å². The largest absolute Gasteiger partial charge is 0.454 e. The van der Waals surface area contributed by atoms with Crippen LogP contribution in [0.5, 0.6) is 11.5 Å². The molecule has 2 heterocycles. The molecule has 2 aliphatic rings. The topological polar surface area (TPSA) is 45.5 Å². The zero-order valence-electron chi connectivity index (χ0n) is 13.4. The monoisotopic (exact) mass is 340 g/mol. The van der Waals surface area contributed by atoms with Crippen LogP contribution in [0.4, 0.5) is 5.69 Å². The molecule has 1 atom stereocenters. The van der Waals surface area contributed by atoms with E-state index >= 15 is 0 Å². The van der Waals surface area contributed by atoms with Crippen LogP contribution in [0.15, 0.2) is 30.3 Å². The molecular formula is C19H17ClN2O2. The van der Waals surface area contributed by atoms with Crippen molar-refractivity contribution in [1.82, 2.24) is 0 Å². The third-order valence-corrected chi connectivity index (χ3v) is 5.31. The van der Waals surface area contributed by atoms with Gasteiger partial charge in [-0.3, -0.25) is 0 Å². The van der Waals surface area contributed by atoms with Crippen molar-refractivity contribution in [1.29, 1.82) is 5.26 Å². The van der Waals surface area contributed by atoms with Gasteiger partial charge in [0.25, 0.3) is 0 Å². The van der Waals surface area contributed by atoms with Gasteiger partial charge >= 0.3 is 0 Å². The molecule has 1 saturated heterocycles. The normalized spacial score (nSPS) is 18.7. The van der Waals surface area contributed by atoms with Gasteiger partial charge in [0.1, 0.15) is 6.07 Å². The number of ether oxygens (including phenoxy) is 2. The van der Waals surface area contributed by atoms with Crippen LogP contribution in [-0.2, 0) is 0 Å². The predicted molar refractivity (Wildman–Crippen MR) is 92.8 cm³/mol. The minimum absolute atomic E-state index is 0.280. The van der Waals surface area contributed by atoms with Crippen molar-refractivity contribution in [3.8, 4) is 17.6 Å². The van der Waals surface area contributed by atoms with Crippen LogP contribution >= 0.6 is 11.6 Å². The molecule has 0 spiro atoms. The number of nitrogens with zero attached hydrogens (tertiary/aromatic N) is 2. The fraction of sp³-hybridized carbons (Fsp3) is 0.316. The van der Waals surface area contributed by atoms with Gasteiger partial charge in [-0.25, -0.2) is 0 Å². The molecule has 0 aliphatic carbocycles. The Bertz CT molecular complexity index is 844. The molecule has 5 heteroatoms. The molecule has 0 radical (unpaired) electrons. The highest BCUT2D eigenvalue weighted by Crippen LogP contribution is 2.42. The molecule has 2 aliphatic heterocycles. The van der Waals surface area contributed by atoms with E-state index < -0.39 is 0 Å². The SMILES string of the molecule is Cc1c(N2CCCC2c2ccc3c(c2)OCO3)ccc(C#N)c1Cl. The summed E-state index contributed by atoms with van der Waals surface area (Å²) in [7, 11) is 0. The Hall–Kier alpha value is -2.38. The lowest BCUT2D eigenvalue weighted by Crippen LogP contribution is -2.23. The number of fused-ring (bicyclic) bond motifs is 1. The second kappa shape index (κ2) is 5.92. The number of nitriles is 1. The van der Waals surface area contributed by atoms with Gasteiger partial charge in [0.05, 0.1) is 16.6 Å². The smallest absolute Gasteiger partial charge is 0.231 e. The molecule has 1 fully saturated rings. The molecule has 0 bridgehead atoms. The molecular weight excluding hydrogens is 324 g/mol. The van der Waals surface area contributed by atoms with E-state index in [0.29, 0.717) is 10.6 Å². The lowest BCUT2D eigenvalue weighted by atomic mass is 10.0. The maximum absolute atomic E-state index is 9.14. The molecule has 2 aromatic carbocycles. The fourth-order valence-electron chi connectivity index (χ4n) is 3.59. The van der Waals surface area contributed by atoms with Crippen LogP contribution in [0, 0.1) is 18.3 Å². The number of hydrogen-bond donors (Lipinski definition) is 0. The summed E-state index contributed by atoms with van der Waals surface area (Å²) < 4.78 is 10.9. The molecule has 0 aromatic heterocycles.